The van der Waals surface area contributed by atoms with Gasteiger partial charge in [-0.2, -0.15) is 0 Å². The molecule has 0 aliphatic heterocycles. The molecule has 8 heteroatoms. The Morgan fingerprint density at radius 1 is 1.16 bits per heavy atom. The smallest absolute Gasteiger partial charge is 0.311 e. The first-order valence-corrected chi connectivity index (χ1v) is 10.7. The van der Waals surface area contributed by atoms with Crippen LogP contribution < -0.4 is 0 Å². The minimum atomic E-state index is -0.239. The quantitative estimate of drug-likeness (QED) is 0.389. The van der Waals surface area contributed by atoms with E-state index in [1.807, 2.05) is 29.6 Å². The molecule has 0 aliphatic carbocycles. The molecule has 2 aromatic heterocycles. The molecule has 2 heterocycles. The number of rotatable bonds is 7. The number of thioether (sulfide) groups is 1. The summed E-state index contributed by atoms with van der Waals surface area (Å²) in [6.07, 6.45) is 0.225. The van der Waals surface area contributed by atoms with Crippen molar-refractivity contribution in [2.24, 2.45) is 0 Å². The zero-order valence-electron chi connectivity index (χ0n) is 13.4. The molecule has 4 nitrogen and oxygen atoms in total. The lowest BCUT2D eigenvalue weighted by Crippen LogP contribution is -2.07. The van der Waals surface area contributed by atoms with Crippen LogP contribution in [0.25, 0.3) is 10.6 Å². The summed E-state index contributed by atoms with van der Waals surface area (Å²) in [5, 5.41) is 5.66. The van der Waals surface area contributed by atoms with Gasteiger partial charge < -0.3 is 4.74 Å². The number of esters is 1. The van der Waals surface area contributed by atoms with Gasteiger partial charge in [0.25, 0.3) is 0 Å². The summed E-state index contributed by atoms with van der Waals surface area (Å²) in [5.41, 5.74) is 2.84. The van der Waals surface area contributed by atoms with Crippen molar-refractivity contribution >= 4 is 52.0 Å². The van der Waals surface area contributed by atoms with Crippen molar-refractivity contribution < 1.29 is 9.53 Å². The third-order valence-corrected chi connectivity index (χ3v) is 6.44. The van der Waals surface area contributed by atoms with Gasteiger partial charge in [-0.25, -0.2) is 9.97 Å². The van der Waals surface area contributed by atoms with E-state index in [0.717, 1.165) is 37.1 Å². The van der Waals surface area contributed by atoms with E-state index in [1.54, 1.807) is 30.0 Å². The zero-order chi connectivity index (χ0) is 17.6. The molecule has 0 saturated heterocycles. The topological polar surface area (TPSA) is 52.1 Å². The summed E-state index contributed by atoms with van der Waals surface area (Å²) in [5.74, 6) is 0.507. The Morgan fingerprint density at radius 2 is 1.92 bits per heavy atom. The SMILES string of the molecule is CCOC(=O)Cc1csc(SCc2csc(-c3ccc(Cl)cc3)n2)n1. The van der Waals surface area contributed by atoms with Gasteiger partial charge in [0.15, 0.2) is 4.34 Å². The number of halogens is 1. The Morgan fingerprint density at radius 3 is 2.68 bits per heavy atom. The van der Waals surface area contributed by atoms with E-state index in [-0.39, 0.29) is 12.4 Å². The van der Waals surface area contributed by atoms with Gasteiger partial charge in [-0.15, -0.1) is 22.7 Å². The highest BCUT2D eigenvalue weighted by molar-refractivity contribution is 8.00. The predicted octanol–water partition coefficient (Wildman–Crippen LogP) is 5.32. The molecule has 0 amide bonds. The molecule has 0 N–H and O–H groups in total. The molecule has 0 fully saturated rings. The average molecular weight is 411 g/mol. The number of carbonyl (C=O) groups excluding carboxylic acids is 1. The maximum Gasteiger partial charge on any atom is 0.311 e. The van der Waals surface area contributed by atoms with Crippen LogP contribution in [0.3, 0.4) is 0 Å². The molecule has 25 heavy (non-hydrogen) atoms. The highest BCUT2D eigenvalue weighted by Crippen LogP contribution is 2.30. The van der Waals surface area contributed by atoms with E-state index in [1.165, 1.54) is 11.3 Å². The van der Waals surface area contributed by atoms with Crippen LogP contribution in [0.4, 0.5) is 0 Å². The number of ether oxygens (including phenoxy) is 1. The van der Waals surface area contributed by atoms with Gasteiger partial charge in [0.1, 0.15) is 5.01 Å². The van der Waals surface area contributed by atoms with Crippen molar-refractivity contribution in [2.45, 2.75) is 23.4 Å². The van der Waals surface area contributed by atoms with Gasteiger partial charge in [0.2, 0.25) is 0 Å². The summed E-state index contributed by atoms with van der Waals surface area (Å²) < 4.78 is 5.87. The van der Waals surface area contributed by atoms with Crippen LogP contribution in [0.15, 0.2) is 39.4 Å². The normalized spacial score (nSPS) is 10.8. The lowest BCUT2D eigenvalue weighted by molar-refractivity contribution is -0.142. The Kier molecular flexibility index (Phi) is 6.47. The fraction of sp³-hybridized carbons (Fsp3) is 0.235. The molecule has 0 saturated carbocycles. The predicted molar refractivity (Wildman–Crippen MR) is 105 cm³/mol. The van der Waals surface area contributed by atoms with E-state index >= 15 is 0 Å². The fourth-order valence-electron chi connectivity index (χ4n) is 2.03. The molecule has 0 atom stereocenters. The van der Waals surface area contributed by atoms with E-state index in [2.05, 4.69) is 15.3 Å². The van der Waals surface area contributed by atoms with Gasteiger partial charge in [0.05, 0.1) is 24.4 Å². The third-order valence-electron chi connectivity index (χ3n) is 3.15. The van der Waals surface area contributed by atoms with Gasteiger partial charge in [-0.1, -0.05) is 35.5 Å². The first-order chi connectivity index (χ1) is 12.1. The van der Waals surface area contributed by atoms with Gasteiger partial charge in [0, 0.05) is 27.1 Å². The number of benzene rings is 1. The molecule has 1 aromatic carbocycles. The Hall–Kier alpha value is -1.41. The van der Waals surface area contributed by atoms with Crippen LogP contribution in [0, 0.1) is 0 Å². The third kappa shape index (κ3) is 5.28. The van der Waals surface area contributed by atoms with Crippen LogP contribution in [-0.4, -0.2) is 22.5 Å². The lowest BCUT2D eigenvalue weighted by atomic mass is 10.2. The van der Waals surface area contributed by atoms with Gasteiger partial charge in [-0.05, 0) is 19.1 Å². The number of nitrogens with zero attached hydrogens (tertiary/aromatic N) is 2. The maximum absolute atomic E-state index is 11.5. The zero-order valence-corrected chi connectivity index (χ0v) is 16.6. The van der Waals surface area contributed by atoms with Crippen molar-refractivity contribution in [3.63, 3.8) is 0 Å². The van der Waals surface area contributed by atoms with Crippen LogP contribution in [0.1, 0.15) is 18.3 Å². The van der Waals surface area contributed by atoms with Crippen LogP contribution in [0.2, 0.25) is 5.02 Å². The second-order valence-corrected chi connectivity index (χ2v) is 8.40. The number of carbonyl (C=O) groups is 1. The van der Waals surface area contributed by atoms with Gasteiger partial charge in [-0.3, -0.25) is 4.79 Å². The van der Waals surface area contributed by atoms with Crippen molar-refractivity contribution in [3.8, 4) is 10.6 Å². The first kappa shape index (κ1) is 18.4. The summed E-state index contributed by atoms with van der Waals surface area (Å²) in [6, 6.07) is 7.68. The largest absolute Gasteiger partial charge is 0.466 e. The molecular weight excluding hydrogens is 396 g/mol. The van der Waals surface area contributed by atoms with E-state index in [0.29, 0.717) is 6.61 Å². The Labute approximate surface area is 163 Å². The number of thiazole rings is 2. The van der Waals surface area contributed by atoms with Crippen molar-refractivity contribution in [1.82, 2.24) is 9.97 Å². The van der Waals surface area contributed by atoms with Crippen molar-refractivity contribution in [1.29, 1.82) is 0 Å². The average Bonchev–Trinajstić information content (AvgIpc) is 3.23. The monoisotopic (exact) mass is 410 g/mol. The molecule has 0 bridgehead atoms. The van der Waals surface area contributed by atoms with Crippen molar-refractivity contribution in [3.05, 3.63) is 51.4 Å². The highest BCUT2D eigenvalue weighted by Gasteiger charge is 2.10. The second kappa shape index (κ2) is 8.80. The van der Waals surface area contributed by atoms with Crippen molar-refractivity contribution in [2.75, 3.05) is 6.61 Å². The van der Waals surface area contributed by atoms with E-state index in [9.17, 15) is 4.79 Å². The number of aromatic nitrogens is 2. The van der Waals surface area contributed by atoms with E-state index in [4.69, 9.17) is 16.3 Å². The maximum atomic E-state index is 11.5. The van der Waals surface area contributed by atoms with Gasteiger partial charge >= 0.3 is 5.97 Å². The minimum Gasteiger partial charge on any atom is -0.466 e. The molecule has 3 rings (SSSR count). The summed E-state index contributed by atoms with van der Waals surface area (Å²) in [6.45, 7) is 2.19. The second-order valence-electron chi connectivity index (χ2n) is 5.03. The molecule has 0 unspecified atom stereocenters. The molecule has 3 aromatic rings. The summed E-state index contributed by atoms with van der Waals surface area (Å²) in [7, 11) is 0. The highest BCUT2D eigenvalue weighted by atomic mass is 35.5. The first-order valence-electron chi connectivity index (χ1n) is 7.57. The molecule has 130 valence electrons. The van der Waals surface area contributed by atoms with Crippen LogP contribution in [-0.2, 0) is 21.7 Å². The van der Waals surface area contributed by atoms with Crippen LogP contribution in [0.5, 0.6) is 0 Å². The lowest BCUT2D eigenvalue weighted by Gasteiger charge is -1.98. The Balaban J connectivity index is 1.56. The number of hydrogen-bond donors (Lipinski definition) is 0. The summed E-state index contributed by atoms with van der Waals surface area (Å²) in [4.78, 5) is 20.6. The minimum absolute atomic E-state index is 0.225. The standard InChI is InChI=1S/C17H15ClN2O2S3/c1-2-22-15(21)7-13-8-24-17(20-13)25-10-14-9-23-16(19-14)11-3-5-12(18)6-4-11/h3-6,8-9H,2,7,10H2,1H3. The molecular formula is C17H15ClN2O2S3. The Bertz CT molecular complexity index is 846. The fourth-order valence-corrected chi connectivity index (χ4v) is 4.82. The molecule has 0 radical (unpaired) electrons. The number of hydrogen-bond acceptors (Lipinski definition) is 7. The molecule has 0 spiro atoms. The summed E-state index contributed by atoms with van der Waals surface area (Å²) >= 11 is 10.7. The molecule has 0 aliphatic rings. The van der Waals surface area contributed by atoms with Crippen LogP contribution >= 0.6 is 46.0 Å². The van der Waals surface area contributed by atoms with E-state index < -0.39 is 0 Å².